The van der Waals surface area contributed by atoms with Gasteiger partial charge < -0.3 is 20.1 Å². The zero-order valence-corrected chi connectivity index (χ0v) is 12.1. The van der Waals surface area contributed by atoms with E-state index in [1.165, 1.54) is 0 Å². The van der Waals surface area contributed by atoms with Crippen molar-refractivity contribution in [3.05, 3.63) is 24.3 Å². The Morgan fingerprint density at radius 2 is 2.05 bits per heavy atom. The van der Waals surface area contributed by atoms with Gasteiger partial charge in [-0.05, 0) is 26.0 Å². The number of hydrogen-bond acceptors (Lipinski definition) is 3. The van der Waals surface area contributed by atoms with Crippen LogP contribution in [-0.4, -0.2) is 39.3 Å². The van der Waals surface area contributed by atoms with Gasteiger partial charge in [0.25, 0.3) is 0 Å². The molecule has 0 heterocycles. The predicted molar refractivity (Wildman–Crippen MR) is 78.1 cm³/mol. The summed E-state index contributed by atoms with van der Waals surface area (Å²) in [5, 5.41) is 6.39. The number of hydrogen-bond donors (Lipinski definition) is 2. The lowest BCUT2D eigenvalue weighted by Gasteiger charge is -2.14. The first-order valence-corrected chi connectivity index (χ1v) is 6.39. The highest BCUT2D eigenvalue weighted by atomic mass is 16.5. The molecular weight excluding hydrogens is 242 g/mol. The van der Waals surface area contributed by atoms with E-state index in [0.717, 1.165) is 17.5 Å². The number of nitrogens with one attached hydrogen (secondary N) is 2. The van der Waals surface area contributed by atoms with Crippen LogP contribution in [-0.2, 0) is 0 Å². The number of aliphatic imine (C=N–C) groups is 1. The van der Waals surface area contributed by atoms with Crippen LogP contribution in [0, 0.1) is 0 Å². The van der Waals surface area contributed by atoms with Crippen LogP contribution in [0.2, 0.25) is 0 Å². The zero-order valence-electron chi connectivity index (χ0n) is 12.1. The van der Waals surface area contributed by atoms with Crippen molar-refractivity contribution in [1.82, 2.24) is 10.6 Å². The molecule has 0 spiro atoms. The number of ether oxygens (including phenoxy) is 2. The van der Waals surface area contributed by atoms with Crippen LogP contribution in [0.5, 0.6) is 11.5 Å². The summed E-state index contributed by atoms with van der Waals surface area (Å²) < 4.78 is 10.8. The molecule has 0 fully saturated rings. The Morgan fingerprint density at radius 3 is 2.68 bits per heavy atom. The van der Waals surface area contributed by atoms with Gasteiger partial charge in [0.1, 0.15) is 18.1 Å². The molecule has 0 saturated carbocycles. The van der Waals surface area contributed by atoms with E-state index in [1.807, 2.05) is 24.3 Å². The molecule has 2 N–H and O–H groups in total. The Morgan fingerprint density at radius 1 is 1.32 bits per heavy atom. The first-order valence-electron chi connectivity index (χ1n) is 6.39. The lowest BCUT2D eigenvalue weighted by atomic mass is 10.3. The van der Waals surface area contributed by atoms with Crippen molar-refractivity contribution in [3.8, 4) is 11.5 Å². The summed E-state index contributed by atoms with van der Waals surface area (Å²) in [6, 6.07) is 7.91. The first kappa shape index (κ1) is 15.1. The molecule has 0 unspecified atom stereocenters. The van der Waals surface area contributed by atoms with Gasteiger partial charge in [0.2, 0.25) is 0 Å². The quantitative estimate of drug-likeness (QED) is 0.466. The molecular formula is C14H23N3O2. The van der Waals surface area contributed by atoms with Crippen LogP contribution < -0.4 is 20.1 Å². The number of rotatable bonds is 6. The largest absolute Gasteiger partial charge is 0.497 e. The second kappa shape index (κ2) is 8.24. The SMILES string of the molecule is CN=C(NCCOc1cccc(OC)c1)NC(C)C. The average Bonchev–Trinajstić information content (AvgIpc) is 2.42. The van der Waals surface area contributed by atoms with Gasteiger partial charge in [0, 0.05) is 19.2 Å². The molecule has 1 aromatic carbocycles. The molecule has 19 heavy (non-hydrogen) atoms. The number of methoxy groups -OCH3 is 1. The number of guanidine groups is 1. The van der Waals surface area contributed by atoms with Crippen molar-refractivity contribution >= 4 is 5.96 Å². The average molecular weight is 265 g/mol. The number of nitrogens with zero attached hydrogens (tertiary/aromatic N) is 1. The van der Waals surface area contributed by atoms with Crippen LogP contribution in [0.3, 0.4) is 0 Å². The fourth-order valence-electron chi connectivity index (χ4n) is 1.50. The van der Waals surface area contributed by atoms with E-state index in [9.17, 15) is 0 Å². The van der Waals surface area contributed by atoms with Crippen LogP contribution in [0.25, 0.3) is 0 Å². The van der Waals surface area contributed by atoms with E-state index < -0.39 is 0 Å². The zero-order chi connectivity index (χ0) is 14.1. The van der Waals surface area contributed by atoms with Crippen LogP contribution in [0.4, 0.5) is 0 Å². The van der Waals surface area contributed by atoms with Gasteiger partial charge in [-0.25, -0.2) is 0 Å². The molecule has 1 rings (SSSR count). The smallest absolute Gasteiger partial charge is 0.191 e. The Balaban J connectivity index is 2.30. The fraction of sp³-hybridized carbons (Fsp3) is 0.500. The highest BCUT2D eigenvalue weighted by molar-refractivity contribution is 5.79. The van der Waals surface area contributed by atoms with Gasteiger partial charge in [-0.3, -0.25) is 4.99 Å². The molecule has 0 radical (unpaired) electrons. The van der Waals surface area contributed by atoms with Crippen molar-refractivity contribution in [3.63, 3.8) is 0 Å². The summed E-state index contributed by atoms with van der Waals surface area (Å²) in [4.78, 5) is 4.12. The minimum absolute atomic E-state index is 0.352. The Hall–Kier alpha value is -1.91. The first-order chi connectivity index (χ1) is 9.15. The Bertz CT molecular complexity index is 405. The molecule has 0 amide bonds. The standard InChI is InChI=1S/C14H23N3O2/c1-11(2)17-14(15-3)16-8-9-19-13-7-5-6-12(10-13)18-4/h5-7,10-11H,8-9H2,1-4H3,(H2,15,16,17). The highest BCUT2D eigenvalue weighted by Crippen LogP contribution is 2.18. The van der Waals surface area contributed by atoms with Crippen LogP contribution >= 0.6 is 0 Å². The van der Waals surface area contributed by atoms with E-state index >= 15 is 0 Å². The van der Waals surface area contributed by atoms with Gasteiger partial charge in [0.05, 0.1) is 13.7 Å². The van der Waals surface area contributed by atoms with Crippen LogP contribution in [0.1, 0.15) is 13.8 Å². The van der Waals surface area contributed by atoms with E-state index in [1.54, 1.807) is 14.2 Å². The van der Waals surface area contributed by atoms with Crippen LogP contribution in [0.15, 0.2) is 29.3 Å². The summed E-state index contributed by atoms with van der Waals surface area (Å²) in [7, 11) is 3.39. The Kier molecular flexibility index (Phi) is 6.57. The van der Waals surface area contributed by atoms with Gasteiger partial charge >= 0.3 is 0 Å². The van der Waals surface area contributed by atoms with Crippen molar-refractivity contribution in [1.29, 1.82) is 0 Å². The lowest BCUT2D eigenvalue weighted by molar-refractivity contribution is 0.319. The van der Waals surface area contributed by atoms with Gasteiger partial charge in [-0.2, -0.15) is 0 Å². The molecule has 0 atom stereocenters. The molecule has 0 aliphatic heterocycles. The molecule has 0 aliphatic carbocycles. The van der Waals surface area contributed by atoms with Crippen molar-refractivity contribution in [2.45, 2.75) is 19.9 Å². The maximum absolute atomic E-state index is 5.62. The van der Waals surface area contributed by atoms with E-state index in [-0.39, 0.29) is 0 Å². The van der Waals surface area contributed by atoms with E-state index in [0.29, 0.717) is 19.2 Å². The third-order valence-corrected chi connectivity index (χ3v) is 2.35. The summed E-state index contributed by atoms with van der Waals surface area (Å²) in [5.41, 5.74) is 0. The second-order valence-corrected chi connectivity index (χ2v) is 4.33. The predicted octanol–water partition coefficient (Wildman–Crippen LogP) is 1.65. The maximum Gasteiger partial charge on any atom is 0.191 e. The minimum atomic E-state index is 0.352. The molecule has 106 valence electrons. The third-order valence-electron chi connectivity index (χ3n) is 2.35. The molecule has 1 aromatic rings. The molecule has 0 aromatic heterocycles. The van der Waals surface area contributed by atoms with Crippen molar-refractivity contribution in [2.75, 3.05) is 27.3 Å². The second-order valence-electron chi connectivity index (χ2n) is 4.33. The van der Waals surface area contributed by atoms with Gasteiger partial charge in [-0.1, -0.05) is 6.07 Å². The molecule has 0 bridgehead atoms. The monoisotopic (exact) mass is 265 g/mol. The van der Waals surface area contributed by atoms with E-state index in [4.69, 9.17) is 9.47 Å². The topological polar surface area (TPSA) is 54.9 Å². The van der Waals surface area contributed by atoms with Gasteiger partial charge in [-0.15, -0.1) is 0 Å². The summed E-state index contributed by atoms with van der Waals surface area (Å²) in [6.45, 7) is 5.38. The van der Waals surface area contributed by atoms with Crippen molar-refractivity contribution < 1.29 is 9.47 Å². The molecule has 0 saturated heterocycles. The fourth-order valence-corrected chi connectivity index (χ4v) is 1.50. The maximum atomic E-state index is 5.62. The van der Waals surface area contributed by atoms with Gasteiger partial charge in [0.15, 0.2) is 5.96 Å². The molecule has 0 aliphatic rings. The third kappa shape index (κ3) is 5.99. The minimum Gasteiger partial charge on any atom is -0.497 e. The highest BCUT2D eigenvalue weighted by Gasteiger charge is 2.00. The Labute approximate surface area is 115 Å². The lowest BCUT2D eigenvalue weighted by Crippen LogP contribution is -2.42. The normalized spacial score (nSPS) is 11.3. The van der Waals surface area contributed by atoms with Crippen molar-refractivity contribution in [2.24, 2.45) is 4.99 Å². The number of benzene rings is 1. The summed E-state index contributed by atoms with van der Waals surface area (Å²) in [6.07, 6.45) is 0. The summed E-state index contributed by atoms with van der Waals surface area (Å²) in [5.74, 6) is 2.37. The molecule has 5 nitrogen and oxygen atoms in total. The summed E-state index contributed by atoms with van der Waals surface area (Å²) >= 11 is 0. The van der Waals surface area contributed by atoms with E-state index in [2.05, 4.69) is 29.5 Å². The molecule has 5 heteroatoms.